The predicted octanol–water partition coefficient (Wildman–Crippen LogP) is 4.57. The number of ether oxygens (including phenoxy) is 1. The van der Waals surface area contributed by atoms with E-state index in [9.17, 15) is 0 Å². The van der Waals surface area contributed by atoms with Crippen molar-refractivity contribution in [2.75, 3.05) is 13.2 Å². The largest absolute Gasteiger partial charge is 2.00 e. The monoisotopic (exact) mass is 278 g/mol. The molecule has 0 spiro atoms. The van der Waals surface area contributed by atoms with Gasteiger partial charge in [0.25, 0.3) is 0 Å². The summed E-state index contributed by atoms with van der Waals surface area (Å²) in [6.45, 7) is 8.18. The van der Waals surface area contributed by atoms with Crippen molar-refractivity contribution in [3.8, 4) is 11.1 Å². The van der Waals surface area contributed by atoms with Gasteiger partial charge in [0, 0.05) is 0 Å². The third-order valence-electron chi connectivity index (χ3n) is 2.35. The number of rotatable bonds is 5. The van der Waals surface area contributed by atoms with E-state index in [-0.39, 0.29) is 25.9 Å². The molecular weight excluding hydrogens is 257 g/mol. The molecule has 0 N–H and O–H groups in total. The van der Waals surface area contributed by atoms with Gasteiger partial charge in [-0.3, -0.25) is 0 Å². The Morgan fingerprint density at radius 1 is 0.750 bits per heavy atom. The Hall–Kier alpha value is -1.35. The third-order valence-corrected chi connectivity index (χ3v) is 2.35. The summed E-state index contributed by atoms with van der Waals surface area (Å²) in [6.07, 6.45) is 3.42. The van der Waals surface area contributed by atoms with Gasteiger partial charge in [-0.25, -0.2) is 0 Å². The molecular formula is C18H22MgO. The molecule has 2 aromatic rings. The second-order valence-electron chi connectivity index (χ2n) is 3.85. The Balaban J connectivity index is -0.000000323. The average molecular weight is 279 g/mol. The Morgan fingerprint density at radius 3 is 1.40 bits per heavy atom. The van der Waals surface area contributed by atoms with Crippen molar-refractivity contribution < 1.29 is 7.59 Å². The van der Waals surface area contributed by atoms with Gasteiger partial charge in [0.05, 0.1) is 13.2 Å². The molecule has 0 heterocycles. The zero-order valence-corrected chi connectivity index (χ0v) is 13.3. The normalized spacial score (nSPS) is 8.60. The van der Waals surface area contributed by atoms with Crippen LogP contribution in [-0.4, -0.2) is 36.3 Å². The van der Waals surface area contributed by atoms with E-state index in [0.29, 0.717) is 13.2 Å². The third kappa shape index (κ3) is 7.95. The second-order valence-corrected chi connectivity index (χ2v) is 3.85. The number of benzene rings is 2. The number of hydrogen-bond donors (Lipinski definition) is 0. The Bertz CT molecular complexity index is 429. The van der Waals surface area contributed by atoms with Gasteiger partial charge in [-0.1, -0.05) is 72.8 Å². The maximum atomic E-state index is 4.90. The minimum atomic E-state index is 0. The number of hydrogen-bond acceptors (Lipinski definition) is 1. The summed E-state index contributed by atoms with van der Waals surface area (Å²) in [5.41, 5.74) is 2.55. The van der Waals surface area contributed by atoms with E-state index in [0.717, 1.165) is 0 Å². The summed E-state index contributed by atoms with van der Waals surface area (Å²) in [5, 5.41) is 0. The first-order valence-electron chi connectivity index (χ1n) is 6.28. The molecule has 2 heteroatoms. The van der Waals surface area contributed by atoms with E-state index in [1.54, 1.807) is 12.2 Å². The van der Waals surface area contributed by atoms with Gasteiger partial charge >= 0.3 is 23.1 Å². The van der Waals surface area contributed by atoms with E-state index >= 15 is 0 Å². The first kappa shape index (κ1) is 18.6. The molecule has 2 rings (SSSR count). The Kier molecular flexibility index (Phi) is 11.8. The molecule has 2 aromatic carbocycles. The van der Waals surface area contributed by atoms with E-state index in [4.69, 9.17) is 4.74 Å². The van der Waals surface area contributed by atoms with E-state index in [2.05, 4.69) is 61.7 Å². The maximum Gasteiger partial charge on any atom is 2.00 e. The molecule has 0 fully saturated rings. The van der Waals surface area contributed by atoms with Gasteiger partial charge in [0.2, 0.25) is 0 Å². The molecule has 0 radical (unpaired) electrons. The molecule has 20 heavy (non-hydrogen) atoms. The van der Waals surface area contributed by atoms with Crippen LogP contribution in [0.4, 0.5) is 0 Å². The van der Waals surface area contributed by atoms with Gasteiger partial charge in [0.15, 0.2) is 0 Å². The minimum absolute atomic E-state index is 0. The second kappa shape index (κ2) is 12.7. The molecule has 1 nitrogen and oxygen atoms in total. The zero-order valence-electron chi connectivity index (χ0n) is 13.9. The molecule has 0 bridgehead atoms. The summed E-state index contributed by atoms with van der Waals surface area (Å²) >= 11 is 0. The van der Waals surface area contributed by atoms with Gasteiger partial charge in [0.1, 0.15) is 0 Å². The van der Waals surface area contributed by atoms with E-state index < -0.39 is 0 Å². The molecule has 102 valence electrons. The summed E-state index contributed by atoms with van der Waals surface area (Å²) in [6, 6.07) is 20.8. The fourth-order valence-electron chi connectivity index (χ4n) is 1.50. The fourth-order valence-corrected chi connectivity index (χ4v) is 1.50. The van der Waals surface area contributed by atoms with Crippen molar-refractivity contribution in [1.82, 2.24) is 0 Å². The summed E-state index contributed by atoms with van der Waals surface area (Å²) in [4.78, 5) is 0. The van der Waals surface area contributed by atoms with Crippen LogP contribution < -0.4 is 0 Å². The van der Waals surface area contributed by atoms with Gasteiger partial charge in [-0.15, -0.1) is 13.2 Å². The van der Waals surface area contributed by atoms with Crippen molar-refractivity contribution >= 4 is 23.1 Å². The van der Waals surface area contributed by atoms with Crippen LogP contribution in [0.25, 0.3) is 11.1 Å². The van der Waals surface area contributed by atoms with Crippen LogP contribution in [0.3, 0.4) is 0 Å². The van der Waals surface area contributed by atoms with Gasteiger partial charge < -0.3 is 7.59 Å². The van der Waals surface area contributed by atoms with Crippen LogP contribution in [0.15, 0.2) is 86.0 Å². The van der Waals surface area contributed by atoms with Crippen molar-refractivity contribution in [2.24, 2.45) is 0 Å². The molecule has 0 atom stereocenters. The topological polar surface area (TPSA) is 9.23 Å². The SMILES string of the molecule is C=CCOCC=C.[H-].[H-].[Mg+2].c1ccc(-c2ccccc2)cc1. The molecule has 0 aliphatic heterocycles. The summed E-state index contributed by atoms with van der Waals surface area (Å²) in [5.74, 6) is 0. The molecule has 0 aliphatic rings. The van der Waals surface area contributed by atoms with Crippen molar-refractivity contribution in [3.05, 3.63) is 86.0 Å². The van der Waals surface area contributed by atoms with Crippen LogP contribution in [0.5, 0.6) is 0 Å². The zero-order chi connectivity index (χ0) is 13.8. The van der Waals surface area contributed by atoms with E-state index in [1.165, 1.54) is 11.1 Å². The standard InChI is InChI=1S/C12H10.C6H10O.Mg.2H/c1-3-7-11(8-4-1)12-9-5-2-6-10-12;1-3-5-7-6-4-2;;;/h1-10H;3-4H,1-2,5-6H2;;;/q;;+2;2*-1. The van der Waals surface area contributed by atoms with Crippen LogP contribution in [0.2, 0.25) is 0 Å². The Labute approximate surface area is 141 Å². The van der Waals surface area contributed by atoms with Crippen LogP contribution >= 0.6 is 0 Å². The summed E-state index contributed by atoms with van der Waals surface area (Å²) in [7, 11) is 0. The molecule has 0 unspecified atom stereocenters. The smallest absolute Gasteiger partial charge is 1.00 e. The molecule has 0 saturated heterocycles. The quantitative estimate of drug-likeness (QED) is 0.442. The minimum Gasteiger partial charge on any atom is -1.00 e. The van der Waals surface area contributed by atoms with Gasteiger partial charge in [-0.2, -0.15) is 0 Å². The average Bonchev–Trinajstić information content (AvgIpc) is 2.50. The van der Waals surface area contributed by atoms with Crippen molar-refractivity contribution in [2.45, 2.75) is 0 Å². The van der Waals surface area contributed by atoms with Crippen molar-refractivity contribution in [1.29, 1.82) is 0 Å². The van der Waals surface area contributed by atoms with Crippen LogP contribution in [-0.2, 0) is 4.74 Å². The van der Waals surface area contributed by atoms with Crippen molar-refractivity contribution in [3.63, 3.8) is 0 Å². The summed E-state index contributed by atoms with van der Waals surface area (Å²) < 4.78 is 4.90. The fraction of sp³-hybridized carbons (Fsp3) is 0.111. The van der Waals surface area contributed by atoms with E-state index in [1.807, 2.05) is 12.1 Å². The Morgan fingerprint density at radius 2 is 1.10 bits per heavy atom. The van der Waals surface area contributed by atoms with Gasteiger partial charge in [-0.05, 0) is 11.1 Å². The predicted molar refractivity (Wildman–Crippen MR) is 91.1 cm³/mol. The molecule has 0 aliphatic carbocycles. The first-order valence-corrected chi connectivity index (χ1v) is 6.28. The maximum absolute atomic E-state index is 4.90. The first-order chi connectivity index (χ1) is 9.38. The van der Waals surface area contributed by atoms with Crippen LogP contribution in [0.1, 0.15) is 2.85 Å². The molecule has 0 amide bonds. The molecule has 0 aromatic heterocycles. The van der Waals surface area contributed by atoms with Crippen LogP contribution in [0, 0.1) is 0 Å². The molecule has 0 saturated carbocycles.